The molecule has 0 atom stereocenters. The van der Waals surface area contributed by atoms with Gasteiger partial charge in [0.1, 0.15) is 17.3 Å². The lowest BCUT2D eigenvalue weighted by Crippen LogP contribution is -2.27. The number of aryl methyl sites for hydroxylation is 1. The number of hydrogen-bond donors (Lipinski definition) is 0. The van der Waals surface area contributed by atoms with Crippen LogP contribution in [0.15, 0.2) is 63.9 Å². The average molecular weight is 428 g/mol. The highest BCUT2D eigenvalue weighted by molar-refractivity contribution is 8.18. The molecule has 0 N–H and O–H groups in total. The van der Waals surface area contributed by atoms with Crippen molar-refractivity contribution in [3.05, 3.63) is 87.2 Å². The van der Waals surface area contributed by atoms with Crippen LogP contribution in [0.1, 0.15) is 16.9 Å². The second-order valence-corrected chi connectivity index (χ2v) is 7.99. The SMILES string of the molecule is Cc1ccc(Cl)cc1-c1ccc(/C=C2\SC(=O)N(Cc3ccc(F)cc3)C2=O)o1. The first-order valence-corrected chi connectivity index (χ1v) is 9.96. The van der Waals surface area contributed by atoms with Gasteiger partial charge in [0.15, 0.2) is 0 Å². The summed E-state index contributed by atoms with van der Waals surface area (Å²) >= 11 is 6.93. The molecular formula is C22H15ClFNO3S. The summed E-state index contributed by atoms with van der Waals surface area (Å²) < 4.78 is 18.9. The maximum atomic E-state index is 13.1. The third-order valence-corrected chi connectivity index (χ3v) is 5.64. The number of carbonyl (C=O) groups is 2. The van der Waals surface area contributed by atoms with Crippen LogP contribution >= 0.6 is 23.4 Å². The van der Waals surface area contributed by atoms with Crippen molar-refractivity contribution in [1.29, 1.82) is 0 Å². The van der Waals surface area contributed by atoms with Crippen LogP contribution < -0.4 is 0 Å². The fourth-order valence-electron chi connectivity index (χ4n) is 2.97. The number of furan rings is 1. The normalized spacial score (nSPS) is 15.6. The monoisotopic (exact) mass is 427 g/mol. The van der Waals surface area contributed by atoms with Gasteiger partial charge in [0.05, 0.1) is 11.4 Å². The minimum absolute atomic E-state index is 0.0907. The highest BCUT2D eigenvalue weighted by Gasteiger charge is 2.35. The van der Waals surface area contributed by atoms with Crippen LogP contribution in [-0.2, 0) is 11.3 Å². The summed E-state index contributed by atoms with van der Waals surface area (Å²) in [6.45, 7) is 2.04. The number of halogens is 2. The Bertz CT molecular complexity index is 1140. The molecule has 1 fully saturated rings. The lowest BCUT2D eigenvalue weighted by atomic mass is 10.1. The maximum absolute atomic E-state index is 13.1. The minimum Gasteiger partial charge on any atom is -0.457 e. The first-order valence-electron chi connectivity index (χ1n) is 8.77. The molecule has 4 nitrogen and oxygen atoms in total. The maximum Gasteiger partial charge on any atom is 0.293 e. The van der Waals surface area contributed by atoms with E-state index in [2.05, 4.69) is 0 Å². The Morgan fingerprint density at radius 1 is 1.10 bits per heavy atom. The summed E-state index contributed by atoms with van der Waals surface area (Å²) in [6, 6.07) is 14.8. The fraction of sp³-hybridized carbons (Fsp3) is 0.0909. The third-order valence-electron chi connectivity index (χ3n) is 4.49. The Kier molecular flexibility index (Phi) is 5.30. The highest BCUT2D eigenvalue weighted by Crippen LogP contribution is 2.35. The number of imide groups is 1. The molecule has 3 aromatic rings. The van der Waals surface area contributed by atoms with Crippen LogP contribution in [0.2, 0.25) is 5.02 Å². The summed E-state index contributed by atoms with van der Waals surface area (Å²) in [7, 11) is 0. The molecule has 2 aromatic carbocycles. The molecule has 0 saturated carbocycles. The molecule has 0 spiro atoms. The molecule has 146 valence electrons. The van der Waals surface area contributed by atoms with Crippen LogP contribution in [0.25, 0.3) is 17.4 Å². The van der Waals surface area contributed by atoms with E-state index in [1.165, 1.54) is 12.1 Å². The van der Waals surface area contributed by atoms with Gasteiger partial charge in [-0.2, -0.15) is 0 Å². The molecule has 2 heterocycles. The summed E-state index contributed by atoms with van der Waals surface area (Å²) in [4.78, 5) is 26.3. The number of rotatable bonds is 4. The fourth-order valence-corrected chi connectivity index (χ4v) is 3.96. The Morgan fingerprint density at radius 3 is 2.62 bits per heavy atom. The minimum atomic E-state index is -0.402. The molecule has 29 heavy (non-hydrogen) atoms. The molecule has 7 heteroatoms. The van der Waals surface area contributed by atoms with Gasteiger partial charge < -0.3 is 4.42 Å². The molecule has 1 aromatic heterocycles. The van der Waals surface area contributed by atoms with Crippen LogP contribution in [0, 0.1) is 12.7 Å². The zero-order valence-corrected chi connectivity index (χ0v) is 16.9. The summed E-state index contributed by atoms with van der Waals surface area (Å²) in [5.74, 6) is 0.320. The summed E-state index contributed by atoms with van der Waals surface area (Å²) in [6.07, 6.45) is 1.55. The van der Waals surface area contributed by atoms with E-state index < -0.39 is 5.91 Å². The zero-order valence-electron chi connectivity index (χ0n) is 15.3. The molecule has 1 aliphatic heterocycles. The van der Waals surface area contributed by atoms with Crippen molar-refractivity contribution in [2.75, 3.05) is 0 Å². The van der Waals surface area contributed by atoms with Crippen molar-refractivity contribution in [2.24, 2.45) is 0 Å². The molecule has 0 aliphatic carbocycles. The lowest BCUT2D eigenvalue weighted by molar-refractivity contribution is -0.123. The van der Waals surface area contributed by atoms with E-state index in [9.17, 15) is 14.0 Å². The number of amides is 2. The topological polar surface area (TPSA) is 50.5 Å². The molecule has 0 unspecified atom stereocenters. The number of benzene rings is 2. The van der Waals surface area contributed by atoms with E-state index >= 15 is 0 Å². The van der Waals surface area contributed by atoms with E-state index in [0.29, 0.717) is 22.1 Å². The van der Waals surface area contributed by atoms with Crippen LogP contribution in [0.3, 0.4) is 0 Å². The quantitative estimate of drug-likeness (QED) is 0.459. The van der Waals surface area contributed by atoms with E-state index in [4.69, 9.17) is 16.0 Å². The number of thioether (sulfide) groups is 1. The highest BCUT2D eigenvalue weighted by atomic mass is 35.5. The number of carbonyl (C=O) groups excluding carboxylic acids is 2. The van der Waals surface area contributed by atoms with Gasteiger partial charge in [-0.3, -0.25) is 14.5 Å². The van der Waals surface area contributed by atoms with E-state index in [0.717, 1.165) is 27.8 Å². The smallest absolute Gasteiger partial charge is 0.293 e. The second-order valence-electron chi connectivity index (χ2n) is 6.56. The Balaban J connectivity index is 1.55. The van der Waals surface area contributed by atoms with Crippen LogP contribution in [0.5, 0.6) is 0 Å². The summed E-state index contributed by atoms with van der Waals surface area (Å²) in [5.41, 5.74) is 2.54. The van der Waals surface area contributed by atoms with Gasteiger partial charge in [-0.05, 0) is 66.2 Å². The second kappa shape index (κ2) is 7.89. The lowest BCUT2D eigenvalue weighted by Gasteiger charge is -2.12. The van der Waals surface area contributed by atoms with Gasteiger partial charge in [-0.1, -0.05) is 29.8 Å². The van der Waals surface area contributed by atoms with Crippen molar-refractivity contribution < 1.29 is 18.4 Å². The van der Waals surface area contributed by atoms with Crippen LogP contribution in [0.4, 0.5) is 9.18 Å². The van der Waals surface area contributed by atoms with Gasteiger partial charge >= 0.3 is 0 Å². The third kappa shape index (κ3) is 4.13. The van der Waals surface area contributed by atoms with Gasteiger partial charge in [-0.15, -0.1) is 0 Å². The zero-order chi connectivity index (χ0) is 20.5. The van der Waals surface area contributed by atoms with E-state index in [1.807, 2.05) is 19.1 Å². The predicted molar refractivity (Wildman–Crippen MR) is 112 cm³/mol. The van der Waals surface area contributed by atoms with Crippen molar-refractivity contribution in [3.63, 3.8) is 0 Å². The van der Waals surface area contributed by atoms with Crippen molar-refractivity contribution in [3.8, 4) is 11.3 Å². The van der Waals surface area contributed by atoms with E-state index in [1.54, 1.807) is 36.4 Å². The molecule has 1 aliphatic rings. The molecular weight excluding hydrogens is 413 g/mol. The van der Waals surface area contributed by atoms with Crippen molar-refractivity contribution in [1.82, 2.24) is 4.90 Å². The molecule has 0 bridgehead atoms. The Hall–Kier alpha value is -2.83. The van der Waals surface area contributed by atoms with Crippen molar-refractivity contribution >= 4 is 40.6 Å². The average Bonchev–Trinajstić information content (AvgIpc) is 3.26. The number of nitrogens with zero attached hydrogens (tertiary/aromatic N) is 1. The summed E-state index contributed by atoms with van der Waals surface area (Å²) in [5, 5.41) is 0.230. The largest absolute Gasteiger partial charge is 0.457 e. The van der Waals surface area contributed by atoms with Gasteiger partial charge in [0.25, 0.3) is 11.1 Å². The first-order chi connectivity index (χ1) is 13.9. The first kappa shape index (κ1) is 19.5. The molecule has 1 saturated heterocycles. The van der Waals surface area contributed by atoms with Crippen molar-refractivity contribution in [2.45, 2.75) is 13.5 Å². The Labute approximate surface area is 176 Å². The van der Waals surface area contributed by atoms with Gasteiger partial charge in [-0.25, -0.2) is 4.39 Å². The molecule has 4 rings (SSSR count). The van der Waals surface area contributed by atoms with Gasteiger partial charge in [0, 0.05) is 16.7 Å². The standard InChI is InChI=1S/C22H15ClFNO3S/c1-13-2-5-15(23)10-18(13)19-9-8-17(28-19)11-20-21(26)25(22(27)29-20)12-14-3-6-16(24)7-4-14/h2-11H,12H2,1H3/b20-11-. The number of hydrogen-bond acceptors (Lipinski definition) is 4. The van der Waals surface area contributed by atoms with E-state index in [-0.39, 0.29) is 22.5 Å². The molecule has 2 amide bonds. The Morgan fingerprint density at radius 2 is 1.86 bits per heavy atom. The molecule has 0 radical (unpaired) electrons. The van der Waals surface area contributed by atoms with Gasteiger partial charge in [0.2, 0.25) is 0 Å². The van der Waals surface area contributed by atoms with Crippen LogP contribution in [-0.4, -0.2) is 16.0 Å². The predicted octanol–water partition coefficient (Wildman–Crippen LogP) is 6.28.